The Morgan fingerprint density at radius 1 is 1.24 bits per heavy atom. The number of likely N-dealkylation sites (tertiary alicyclic amines) is 1. The molecule has 1 aromatic carbocycles. The summed E-state index contributed by atoms with van der Waals surface area (Å²) in [5, 5.41) is 11.9. The predicted molar refractivity (Wildman–Crippen MR) is 81.7 cm³/mol. The van der Waals surface area contributed by atoms with Gasteiger partial charge in [-0.3, -0.25) is 4.79 Å². The van der Waals surface area contributed by atoms with E-state index in [1.807, 2.05) is 43.3 Å². The number of urea groups is 1. The summed E-state index contributed by atoms with van der Waals surface area (Å²) in [6.07, 6.45) is 1.02. The molecule has 1 aliphatic rings. The summed E-state index contributed by atoms with van der Waals surface area (Å²) < 4.78 is 0. The number of carboxylic acids is 1. The first kappa shape index (κ1) is 15.2. The molecule has 1 fully saturated rings. The third-order valence-electron chi connectivity index (χ3n) is 3.76. The van der Waals surface area contributed by atoms with E-state index in [0.717, 1.165) is 11.4 Å². The minimum Gasteiger partial charge on any atom is -0.481 e. The summed E-state index contributed by atoms with van der Waals surface area (Å²) in [5.41, 5.74) is 1.69. The number of benzene rings is 1. The first-order chi connectivity index (χ1) is 9.99. The van der Waals surface area contributed by atoms with Crippen LogP contribution in [-0.4, -0.2) is 49.2 Å². The molecule has 0 atom stereocenters. The van der Waals surface area contributed by atoms with E-state index in [1.165, 1.54) is 0 Å². The van der Waals surface area contributed by atoms with Gasteiger partial charge in [0.25, 0.3) is 0 Å². The van der Waals surface area contributed by atoms with Crippen LogP contribution in [0.5, 0.6) is 0 Å². The van der Waals surface area contributed by atoms with Gasteiger partial charge in [0.1, 0.15) is 0 Å². The molecule has 2 N–H and O–H groups in total. The molecule has 1 saturated heterocycles. The van der Waals surface area contributed by atoms with Crippen molar-refractivity contribution in [3.63, 3.8) is 0 Å². The molecule has 1 aromatic rings. The van der Waals surface area contributed by atoms with Gasteiger partial charge in [-0.1, -0.05) is 12.1 Å². The highest BCUT2D eigenvalue weighted by atomic mass is 16.4. The van der Waals surface area contributed by atoms with E-state index in [9.17, 15) is 9.59 Å². The molecule has 0 spiro atoms. The standard InChI is InChI=1S/C15H21N3O3/c1-17(2)13-6-4-3-5-12(13)16-15(21)18-9-7-11(8-10-18)14(19)20/h3-6,11H,7-10H2,1-2H3,(H,16,21)(H,19,20). The van der Waals surface area contributed by atoms with Gasteiger partial charge in [0.2, 0.25) is 0 Å². The molecule has 0 bridgehead atoms. The fourth-order valence-electron chi connectivity index (χ4n) is 2.49. The molecule has 2 rings (SSSR count). The smallest absolute Gasteiger partial charge is 0.321 e. The lowest BCUT2D eigenvalue weighted by atomic mass is 9.97. The van der Waals surface area contributed by atoms with Crippen LogP contribution in [0.2, 0.25) is 0 Å². The van der Waals surface area contributed by atoms with Crippen LogP contribution in [0.15, 0.2) is 24.3 Å². The summed E-state index contributed by atoms with van der Waals surface area (Å²) in [4.78, 5) is 26.8. The van der Waals surface area contributed by atoms with Crippen LogP contribution in [0, 0.1) is 5.92 Å². The number of nitrogens with zero attached hydrogens (tertiary/aromatic N) is 2. The normalized spacial score (nSPS) is 15.6. The second-order valence-electron chi connectivity index (χ2n) is 5.44. The summed E-state index contributed by atoms with van der Waals surface area (Å²) in [7, 11) is 3.84. The van der Waals surface area contributed by atoms with Crippen molar-refractivity contribution in [2.24, 2.45) is 5.92 Å². The first-order valence-electron chi connectivity index (χ1n) is 7.04. The van der Waals surface area contributed by atoms with Crippen LogP contribution in [0.4, 0.5) is 16.2 Å². The Morgan fingerprint density at radius 3 is 2.43 bits per heavy atom. The summed E-state index contributed by atoms with van der Waals surface area (Å²) in [5.74, 6) is -1.10. The Hall–Kier alpha value is -2.24. The van der Waals surface area contributed by atoms with Crippen molar-refractivity contribution in [3.05, 3.63) is 24.3 Å². The number of nitrogens with one attached hydrogen (secondary N) is 1. The van der Waals surface area contributed by atoms with E-state index < -0.39 is 5.97 Å². The molecule has 1 heterocycles. The van der Waals surface area contributed by atoms with Crippen molar-refractivity contribution >= 4 is 23.4 Å². The van der Waals surface area contributed by atoms with Crippen LogP contribution in [0.1, 0.15) is 12.8 Å². The Morgan fingerprint density at radius 2 is 1.86 bits per heavy atom. The monoisotopic (exact) mass is 291 g/mol. The molecule has 0 aliphatic carbocycles. The van der Waals surface area contributed by atoms with E-state index in [1.54, 1.807) is 4.90 Å². The van der Waals surface area contributed by atoms with Crippen molar-refractivity contribution in [1.29, 1.82) is 0 Å². The highest BCUT2D eigenvalue weighted by Crippen LogP contribution is 2.24. The lowest BCUT2D eigenvalue weighted by molar-refractivity contribution is -0.143. The summed E-state index contributed by atoms with van der Waals surface area (Å²) >= 11 is 0. The largest absolute Gasteiger partial charge is 0.481 e. The summed E-state index contributed by atoms with van der Waals surface area (Å²) in [6, 6.07) is 7.42. The average Bonchev–Trinajstić information content (AvgIpc) is 2.47. The van der Waals surface area contributed by atoms with Crippen molar-refractivity contribution < 1.29 is 14.7 Å². The lowest BCUT2D eigenvalue weighted by Gasteiger charge is -2.30. The predicted octanol–water partition coefficient (Wildman–Crippen LogP) is 2.08. The van der Waals surface area contributed by atoms with Gasteiger partial charge in [-0.25, -0.2) is 4.79 Å². The van der Waals surface area contributed by atoms with Gasteiger partial charge in [0, 0.05) is 27.2 Å². The fraction of sp³-hybridized carbons (Fsp3) is 0.467. The molecule has 1 aliphatic heterocycles. The number of carbonyl (C=O) groups excluding carboxylic acids is 1. The topological polar surface area (TPSA) is 72.9 Å². The molecule has 6 nitrogen and oxygen atoms in total. The number of para-hydroxylation sites is 2. The van der Waals surface area contributed by atoms with Gasteiger partial charge < -0.3 is 20.2 Å². The van der Waals surface area contributed by atoms with Gasteiger partial charge in [-0.15, -0.1) is 0 Å². The molecule has 0 aromatic heterocycles. The van der Waals surface area contributed by atoms with E-state index >= 15 is 0 Å². The van der Waals surface area contributed by atoms with Crippen LogP contribution in [0.25, 0.3) is 0 Å². The number of carboxylic acid groups (broad SMARTS) is 1. The third-order valence-corrected chi connectivity index (χ3v) is 3.76. The first-order valence-corrected chi connectivity index (χ1v) is 7.04. The number of amides is 2. The lowest BCUT2D eigenvalue weighted by Crippen LogP contribution is -2.42. The van der Waals surface area contributed by atoms with Gasteiger partial charge in [-0.05, 0) is 25.0 Å². The highest BCUT2D eigenvalue weighted by molar-refractivity contribution is 5.93. The van der Waals surface area contributed by atoms with Crippen LogP contribution in [0.3, 0.4) is 0 Å². The Bertz CT molecular complexity index is 523. The summed E-state index contributed by atoms with van der Waals surface area (Å²) in [6.45, 7) is 0.958. The minimum absolute atomic E-state index is 0.173. The number of rotatable bonds is 3. The van der Waals surface area contributed by atoms with E-state index in [0.29, 0.717) is 25.9 Å². The number of anilines is 2. The minimum atomic E-state index is -0.770. The molecule has 114 valence electrons. The zero-order valence-corrected chi connectivity index (χ0v) is 12.4. The SMILES string of the molecule is CN(C)c1ccccc1NC(=O)N1CCC(C(=O)O)CC1. The second-order valence-corrected chi connectivity index (χ2v) is 5.44. The van der Waals surface area contributed by atoms with E-state index in [2.05, 4.69) is 5.32 Å². The molecule has 21 heavy (non-hydrogen) atoms. The van der Waals surface area contributed by atoms with E-state index in [-0.39, 0.29) is 11.9 Å². The molecule has 0 unspecified atom stereocenters. The van der Waals surface area contributed by atoms with Gasteiger partial charge >= 0.3 is 12.0 Å². The van der Waals surface area contributed by atoms with Gasteiger partial charge in [0.05, 0.1) is 17.3 Å². The van der Waals surface area contributed by atoms with Crippen molar-refractivity contribution in [1.82, 2.24) is 4.90 Å². The number of carbonyl (C=O) groups is 2. The van der Waals surface area contributed by atoms with Gasteiger partial charge in [-0.2, -0.15) is 0 Å². The maximum atomic E-state index is 12.3. The Kier molecular flexibility index (Phi) is 4.67. The van der Waals surface area contributed by atoms with Crippen molar-refractivity contribution in [2.45, 2.75) is 12.8 Å². The molecular weight excluding hydrogens is 270 g/mol. The number of hydrogen-bond acceptors (Lipinski definition) is 3. The molecule has 0 radical (unpaired) electrons. The van der Waals surface area contributed by atoms with Crippen LogP contribution < -0.4 is 10.2 Å². The number of hydrogen-bond donors (Lipinski definition) is 2. The number of piperidine rings is 1. The fourth-order valence-corrected chi connectivity index (χ4v) is 2.49. The average molecular weight is 291 g/mol. The molecular formula is C15H21N3O3. The second kappa shape index (κ2) is 6.47. The highest BCUT2D eigenvalue weighted by Gasteiger charge is 2.27. The molecule has 0 saturated carbocycles. The number of aliphatic carboxylic acids is 1. The van der Waals surface area contributed by atoms with Crippen molar-refractivity contribution in [2.75, 3.05) is 37.4 Å². The van der Waals surface area contributed by atoms with Crippen LogP contribution in [-0.2, 0) is 4.79 Å². The third kappa shape index (κ3) is 3.65. The quantitative estimate of drug-likeness (QED) is 0.894. The maximum absolute atomic E-state index is 12.3. The van der Waals surface area contributed by atoms with Crippen molar-refractivity contribution in [3.8, 4) is 0 Å². The molecule has 2 amide bonds. The van der Waals surface area contributed by atoms with Crippen LogP contribution >= 0.6 is 0 Å². The van der Waals surface area contributed by atoms with Gasteiger partial charge in [0.15, 0.2) is 0 Å². The zero-order valence-electron chi connectivity index (χ0n) is 12.4. The maximum Gasteiger partial charge on any atom is 0.321 e. The molecule has 6 heteroatoms. The Labute approximate surface area is 124 Å². The Balaban J connectivity index is 1.98. The zero-order chi connectivity index (χ0) is 15.4. The van der Waals surface area contributed by atoms with E-state index in [4.69, 9.17) is 5.11 Å².